The van der Waals surface area contributed by atoms with Gasteiger partial charge < -0.3 is 19.3 Å². The molecule has 1 aliphatic heterocycles. The molecule has 0 spiro atoms. The molecule has 3 heterocycles. The van der Waals surface area contributed by atoms with Gasteiger partial charge >= 0.3 is 0 Å². The molecule has 3 aromatic rings. The van der Waals surface area contributed by atoms with Gasteiger partial charge in [-0.15, -0.1) is 0 Å². The van der Waals surface area contributed by atoms with Gasteiger partial charge in [0.1, 0.15) is 18.6 Å². The van der Waals surface area contributed by atoms with E-state index in [1.807, 2.05) is 49.3 Å². The SMILES string of the molecule is CN(C)c1ccc(-c2cc3nccnc3c(OC[C@@H]3CN(C(=O)C4CC4(F)F)CCO3)n2)cc1.S. The Bertz CT molecular complexity index is 1210. The number of carbonyl (C=O) groups is 1. The highest BCUT2D eigenvalue weighted by Crippen LogP contribution is 2.49. The van der Waals surface area contributed by atoms with Gasteiger partial charge in [0.15, 0.2) is 5.52 Å². The van der Waals surface area contributed by atoms with Crippen LogP contribution in [0, 0.1) is 5.92 Å². The number of amides is 1. The molecule has 2 fully saturated rings. The van der Waals surface area contributed by atoms with Gasteiger partial charge in [-0.3, -0.25) is 9.78 Å². The molecule has 1 saturated carbocycles. The molecule has 0 radical (unpaired) electrons. The van der Waals surface area contributed by atoms with Crippen molar-refractivity contribution in [1.29, 1.82) is 0 Å². The zero-order chi connectivity index (χ0) is 23.9. The van der Waals surface area contributed by atoms with Gasteiger partial charge in [0.25, 0.3) is 5.92 Å². The highest BCUT2D eigenvalue weighted by Gasteiger charge is 2.62. The number of morpholine rings is 1. The van der Waals surface area contributed by atoms with E-state index < -0.39 is 23.9 Å². The summed E-state index contributed by atoms with van der Waals surface area (Å²) < 4.78 is 38.4. The van der Waals surface area contributed by atoms with Crippen LogP contribution in [0.3, 0.4) is 0 Å². The van der Waals surface area contributed by atoms with E-state index in [0.717, 1.165) is 11.3 Å². The molecule has 186 valence electrons. The van der Waals surface area contributed by atoms with E-state index in [-0.39, 0.29) is 39.7 Å². The van der Waals surface area contributed by atoms with Crippen LogP contribution in [0.1, 0.15) is 6.42 Å². The van der Waals surface area contributed by atoms with Crippen LogP contribution >= 0.6 is 13.5 Å². The number of alkyl halides is 2. The number of halogens is 2. The van der Waals surface area contributed by atoms with Gasteiger partial charge in [-0.2, -0.15) is 13.5 Å². The van der Waals surface area contributed by atoms with Crippen LogP contribution in [0.15, 0.2) is 42.7 Å². The minimum atomic E-state index is -2.88. The lowest BCUT2D eigenvalue weighted by molar-refractivity contribution is -0.143. The Morgan fingerprint density at radius 2 is 1.94 bits per heavy atom. The first kappa shape index (κ1) is 25.1. The van der Waals surface area contributed by atoms with Crippen molar-refractivity contribution < 1.29 is 23.0 Å². The van der Waals surface area contributed by atoms with Crippen molar-refractivity contribution in [1.82, 2.24) is 19.9 Å². The summed E-state index contributed by atoms with van der Waals surface area (Å²) in [5.74, 6) is -4.30. The number of rotatable bonds is 6. The summed E-state index contributed by atoms with van der Waals surface area (Å²) in [4.78, 5) is 29.2. The first-order chi connectivity index (χ1) is 16.3. The Morgan fingerprint density at radius 1 is 1.23 bits per heavy atom. The fourth-order valence-electron chi connectivity index (χ4n) is 4.02. The molecule has 0 bridgehead atoms. The minimum absolute atomic E-state index is 0. The van der Waals surface area contributed by atoms with Gasteiger partial charge in [0, 0.05) is 50.7 Å². The number of hydrogen-bond donors (Lipinski definition) is 0. The summed E-state index contributed by atoms with van der Waals surface area (Å²) in [6.45, 7) is 0.866. The predicted molar refractivity (Wildman–Crippen MR) is 132 cm³/mol. The number of nitrogens with zero attached hydrogens (tertiary/aromatic N) is 5. The zero-order valence-electron chi connectivity index (χ0n) is 19.4. The molecule has 1 aliphatic carbocycles. The molecular formula is C24H27F2N5O3S. The molecule has 1 unspecified atom stereocenters. The third-order valence-corrected chi connectivity index (χ3v) is 6.08. The summed E-state index contributed by atoms with van der Waals surface area (Å²) in [6.07, 6.45) is 2.34. The number of aromatic nitrogens is 3. The first-order valence-corrected chi connectivity index (χ1v) is 11.1. The molecule has 5 rings (SSSR count). The van der Waals surface area contributed by atoms with Crippen LogP contribution in [0.25, 0.3) is 22.3 Å². The quantitative estimate of drug-likeness (QED) is 0.511. The van der Waals surface area contributed by atoms with Gasteiger partial charge in [-0.1, -0.05) is 12.1 Å². The number of carbonyl (C=O) groups excluding carboxylic acids is 1. The molecule has 1 amide bonds. The Labute approximate surface area is 208 Å². The summed E-state index contributed by atoms with van der Waals surface area (Å²) in [5.41, 5.74) is 3.80. The Balaban J connectivity index is 0.00000289. The Morgan fingerprint density at radius 3 is 2.63 bits per heavy atom. The maximum Gasteiger partial charge on any atom is 0.260 e. The number of fused-ring (bicyclic) bond motifs is 1. The molecule has 1 saturated heterocycles. The number of pyridine rings is 1. The fourth-order valence-corrected chi connectivity index (χ4v) is 4.02. The maximum absolute atomic E-state index is 13.3. The third-order valence-electron chi connectivity index (χ3n) is 6.08. The number of ether oxygens (including phenoxy) is 2. The Hall–Kier alpha value is -3.05. The topological polar surface area (TPSA) is 80.7 Å². The summed E-state index contributed by atoms with van der Waals surface area (Å²) in [5, 5.41) is 0. The second-order valence-corrected chi connectivity index (χ2v) is 8.78. The van der Waals surface area contributed by atoms with Crippen molar-refractivity contribution in [3.8, 4) is 17.1 Å². The lowest BCUT2D eigenvalue weighted by atomic mass is 10.1. The normalized spacial score (nSPS) is 20.7. The maximum atomic E-state index is 13.3. The van der Waals surface area contributed by atoms with Crippen LogP contribution in [0.4, 0.5) is 14.5 Å². The highest BCUT2D eigenvalue weighted by atomic mass is 32.1. The van der Waals surface area contributed by atoms with Crippen molar-refractivity contribution in [2.24, 2.45) is 5.92 Å². The average Bonchev–Trinajstić information content (AvgIpc) is 3.49. The van der Waals surface area contributed by atoms with Crippen LogP contribution in [0.2, 0.25) is 0 Å². The van der Waals surface area contributed by atoms with Gasteiger partial charge in [0.2, 0.25) is 11.8 Å². The largest absolute Gasteiger partial charge is 0.473 e. The number of hydrogen-bond acceptors (Lipinski definition) is 7. The standard InChI is InChI=1S/C24H25F2N5O3.H2S/c1-30(2)16-5-3-15(4-6-16)19-11-20-21(28-8-7-27-20)22(29-19)34-14-17-13-31(9-10-33-17)23(32)18-12-24(18,25)26;/h3-8,11,17-18H,9-10,12-14H2,1-2H3;1H2/t17-,18?;/m0./s1. The van der Waals surface area contributed by atoms with Crippen molar-refractivity contribution in [3.63, 3.8) is 0 Å². The van der Waals surface area contributed by atoms with E-state index >= 15 is 0 Å². The van der Waals surface area contributed by atoms with E-state index in [0.29, 0.717) is 29.2 Å². The lowest BCUT2D eigenvalue weighted by Crippen LogP contribution is -2.48. The smallest absolute Gasteiger partial charge is 0.260 e. The van der Waals surface area contributed by atoms with Crippen LogP contribution in [0.5, 0.6) is 5.88 Å². The predicted octanol–water partition coefficient (Wildman–Crippen LogP) is 3.13. The molecule has 11 heteroatoms. The molecule has 35 heavy (non-hydrogen) atoms. The van der Waals surface area contributed by atoms with E-state index in [1.165, 1.54) is 4.90 Å². The van der Waals surface area contributed by atoms with Crippen molar-refractivity contribution in [2.75, 3.05) is 45.3 Å². The molecular weight excluding hydrogens is 476 g/mol. The molecule has 2 aliphatic rings. The number of benzene rings is 1. The van der Waals surface area contributed by atoms with Crippen LogP contribution < -0.4 is 9.64 Å². The monoisotopic (exact) mass is 503 g/mol. The lowest BCUT2D eigenvalue weighted by Gasteiger charge is -2.32. The fraction of sp³-hybridized carbons (Fsp3) is 0.417. The average molecular weight is 504 g/mol. The molecule has 2 aromatic heterocycles. The van der Waals surface area contributed by atoms with Crippen molar-refractivity contribution in [3.05, 3.63) is 42.7 Å². The second-order valence-electron chi connectivity index (χ2n) is 8.78. The van der Waals surface area contributed by atoms with E-state index in [9.17, 15) is 13.6 Å². The summed E-state index contributed by atoms with van der Waals surface area (Å²) in [7, 11) is 3.95. The Kier molecular flexibility index (Phi) is 7.09. The molecule has 8 nitrogen and oxygen atoms in total. The molecule has 2 atom stereocenters. The van der Waals surface area contributed by atoms with Gasteiger partial charge in [-0.25, -0.2) is 18.7 Å². The van der Waals surface area contributed by atoms with Gasteiger partial charge in [0.05, 0.1) is 24.4 Å². The van der Waals surface area contributed by atoms with Gasteiger partial charge in [-0.05, 0) is 18.2 Å². The van der Waals surface area contributed by atoms with Crippen LogP contribution in [-0.2, 0) is 9.53 Å². The second kappa shape index (κ2) is 9.90. The molecule has 1 aromatic carbocycles. The summed E-state index contributed by atoms with van der Waals surface area (Å²) in [6, 6.07) is 9.82. The zero-order valence-corrected chi connectivity index (χ0v) is 20.4. The highest BCUT2D eigenvalue weighted by molar-refractivity contribution is 7.59. The third kappa shape index (κ3) is 5.30. The first-order valence-electron chi connectivity index (χ1n) is 11.1. The number of anilines is 1. The summed E-state index contributed by atoms with van der Waals surface area (Å²) >= 11 is 0. The minimum Gasteiger partial charge on any atom is -0.473 e. The van der Waals surface area contributed by atoms with Crippen molar-refractivity contribution >= 4 is 36.1 Å². The van der Waals surface area contributed by atoms with Crippen molar-refractivity contribution in [2.45, 2.75) is 18.4 Å². The van der Waals surface area contributed by atoms with E-state index in [4.69, 9.17) is 9.47 Å². The van der Waals surface area contributed by atoms with E-state index in [2.05, 4.69) is 15.0 Å². The van der Waals surface area contributed by atoms with E-state index in [1.54, 1.807) is 12.4 Å². The molecule has 0 N–H and O–H groups in total. The van der Waals surface area contributed by atoms with Crippen LogP contribution in [-0.4, -0.2) is 78.2 Å².